The molecule has 0 aliphatic carbocycles. The largest absolute Gasteiger partial charge is 0.368 e. The Morgan fingerprint density at radius 3 is 2.40 bits per heavy atom. The average molecular weight is 274 g/mol. The zero-order chi connectivity index (χ0) is 14.4. The van der Waals surface area contributed by atoms with Crippen molar-refractivity contribution in [2.75, 3.05) is 13.1 Å². The van der Waals surface area contributed by atoms with E-state index in [2.05, 4.69) is 24.0 Å². The number of benzene rings is 1. The molecule has 0 saturated carbocycles. The molecule has 1 aliphatic rings. The van der Waals surface area contributed by atoms with Gasteiger partial charge in [-0.1, -0.05) is 56.5 Å². The first kappa shape index (κ1) is 15.0. The summed E-state index contributed by atoms with van der Waals surface area (Å²) in [6, 6.07) is 10.1. The molecule has 1 fully saturated rings. The van der Waals surface area contributed by atoms with Gasteiger partial charge in [-0.3, -0.25) is 9.69 Å². The maximum atomic E-state index is 12.4. The second kappa shape index (κ2) is 6.89. The Labute approximate surface area is 122 Å². The van der Waals surface area contributed by atoms with Crippen molar-refractivity contribution in [3.63, 3.8) is 0 Å². The number of primary amides is 1. The maximum Gasteiger partial charge on any atom is 0.242 e. The molecule has 0 radical (unpaired) electrons. The minimum Gasteiger partial charge on any atom is -0.368 e. The molecular formula is C17H26N2O. The van der Waals surface area contributed by atoms with Crippen molar-refractivity contribution in [3.8, 4) is 0 Å². The van der Waals surface area contributed by atoms with Gasteiger partial charge in [-0.05, 0) is 37.9 Å². The van der Waals surface area contributed by atoms with Gasteiger partial charge in [0.15, 0.2) is 0 Å². The SMILES string of the molecule is CCCCC(C(N)=O)(c1ccccc1)N1CCCCC1. The number of rotatable bonds is 6. The predicted molar refractivity (Wildman–Crippen MR) is 82.3 cm³/mol. The molecule has 2 N–H and O–H groups in total. The lowest BCUT2D eigenvalue weighted by Gasteiger charge is -2.44. The van der Waals surface area contributed by atoms with Crippen molar-refractivity contribution < 1.29 is 4.79 Å². The molecule has 20 heavy (non-hydrogen) atoms. The third kappa shape index (κ3) is 2.88. The molecule has 1 atom stereocenters. The number of nitrogens with zero attached hydrogens (tertiary/aromatic N) is 1. The van der Waals surface area contributed by atoms with Crippen LogP contribution in [0.15, 0.2) is 30.3 Å². The van der Waals surface area contributed by atoms with E-state index in [1.807, 2.05) is 18.2 Å². The Kier molecular flexibility index (Phi) is 5.18. The summed E-state index contributed by atoms with van der Waals surface area (Å²) in [5.74, 6) is -0.195. The van der Waals surface area contributed by atoms with Crippen LogP contribution in [0, 0.1) is 0 Å². The molecule has 0 aromatic heterocycles. The van der Waals surface area contributed by atoms with Crippen LogP contribution in [-0.4, -0.2) is 23.9 Å². The minimum absolute atomic E-state index is 0.195. The van der Waals surface area contributed by atoms with E-state index in [1.54, 1.807) is 0 Å². The highest BCUT2D eigenvalue weighted by Gasteiger charge is 2.43. The first-order valence-electron chi connectivity index (χ1n) is 7.82. The number of likely N-dealkylation sites (tertiary alicyclic amines) is 1. The normalized spacial score (nSPS) is 19.4. The van der Waals surface area contributed by atoms with Crippen molar-refractivity contribution in [3.05, 3.63) is 35.9 Å². The van der Waals surface area contributed by atoms with E-state index in [0.29, 0.717) is 0 Å². The summed E-state index contributed by atoms with van der Waals surface area (Å²) in [7, 11) is 0. The van der Waals surface area contributed by atoms with Crippen molar-refractivity contribution in [2.45, 2.75) is 51.0 Å². The summed E-state index contributed by atoms with van der Waals surface area (Å²) in [6.45, 7) is 4.11. The molecule has 1 unspecified atom stereocenters. The number of amides is 1. The summed E-state index contributed by atoms with van der Waals surface area (Å²) in [5, 5.41) is 0. The summed E-state index contributed by atoms with van der Waals surface area (Å²) in [5.41, 5.74) is 6.34. The Bertz CT molecular complexity index is 426. The van der Waals surface area contributed by atoms with E-state index in [-0.39, 0.29) is 5.91 Å². The molecule has 1 aliphatic heterocycles. The monoisotopic (exact) mass is 274 g/mol. The molecule has 1 heterocycles. The second-order valence-corrected chi connectivity index (χ2v) is 5.74. The lowest BCUT2D eigenvalue weighted by atomic mass is 9.81. The van der Waals surface area contributed by atoms with Gasteiger partial charge in [0, 0.05) is 0 Å². The van der Waals surface area contributed by atoms with Crippen LogP contribution in [-0.2, 0) is 10.3 Å². The van der Waals surface area contributed by atoms with Crippen LogP contribution in [0.1, 0.15) is 51.0 Å². The summed E-state index contributed by atoms with van der Waals surface area (Å²) in [4.78, 5) is 14.7. The van der Waals surface area contributed by atoms with Crippen molar-refractivity contribution in [1.29, 1.82) is 0 Å². The topological polar surface area (TPSA) is 46.3 Å². The van der Waals surface area contributed by atoms with Gasteiger partial charge in [0.2, 0.25) is 5.91 Å². The summed E-state index contributed by atoms with van der Waals surface area (Å²) < 4.78 is 0. The molecule has 1 aromatic rings. The molecule has 1 amide bonds. The van der Waals surface area contributed by atoms with Crippen molar-refractivity contribution >= 4 is 5.91 Å². The molecule has 0 bridgehead atoms. The zero-order valence-corrected chi connectivity index (χ0v) is 12.5. The van der Waals surface area contributed by atoms with E-state index < -0.39 is 5.54 Å². The van der Waals surface area contributed by atoms with Crippen molar-refractivity contribution in [2.24, 2.45) is 5.73 Å². The fourth-order valence-corrected chi connectivity index (χ4v) is 3.33. The first-order valence-corrected chi connectivity index (χ1v) is 7.82. The minimum atomic E-state index is -0.613. The van der Waals surface area contributed by atoms with Crippen LogP contribution in [0.2, 0.25) is 0 Å². The number of unbranched alkanes of at least 4 members (excludes halogenated alkanes) is 1. The van der Waals surface area contributed by atoms with Gasteiger partial charge in [0.25, 0.3) is 0 Å². The molecule has 3 nitrogen and oxygen atoms in total. The fourth-order valence-electron chi connectivity index (χ4n) is 3.33. The molecule has 1 aromatic carbocycles. The average Bonchev–Trinajstić information content (AvgIpc) is 2.50. The summed E-state index contributed by atoms with van der Waals surface area (Å²) in [6.07, 6.45) is 6.50. The predicted octanol–water partition coefficient (Wildman–Crippen LogP) is 3.04. The smallest absolute Gasteiger partial charge is 0.242 e. The molecule has 0 spiro atoms. The van der Waals surface area contributed by atoms with E-state index in [1.165, 1.54) is 6.42 Å². The van der Waals surface area contributed by atoms with Crippen LogP contribution in [0.5, 0.6) is 0 Å². The Balaban J connectivity index is 2.40. The van der Waals surface area contributed by atoms with E-state index >= 15 is 0 Å². The Morgan fingerprint density at radius 1 is 1.20 bits per heavy atom. The van der Waals surface area contributed by atoms with Gasteiger partial charge in [-0.25, -0.2) is 0 Å². The third-order valence-electron chi connectivity index (χ3n) is 4.45. The number of carbonyl (C=O) groups is 1. The second-order valence-electron chi connectivity index (χ2n) is 5.74. The van der Waals surface area contributed by atoms with Gasteiger partial charge in [0.1, 0.15) is 5.54 Å². The highest BCUT2D eigenvalue weighted by Crippen LogP contribution is 2.36. The van der Waals surface area contributed by atoms with E-state index in [4.69, 9.17) is 5.73 Å². The van der Waals surface area contributed by atoms with Crippen LogP contribution >= 0.6 is 0 Å². The number of hydrogen-bond acceptors (Lipinski definition) is 2. The number of piperidine rings is 1. The number of nitrogens with two attached hydrogens (primary N) is 1. The molecular weight excluding hydrogens is 248 g/mol. The Morgan fingerprint density at radius 2 is 1.85 bits per heavy atom. The molecule has 110 valence electrons. The number of carbonyl (C=O) groups excluding carboxylic acids is 1. The van der Waals surface area contributed by atoms with Crippen LogP contribution in [0.4, 0.5) is 0 Å². The Hall–Kier alpha value is -1.35. The van der Waals surface area contributed by atoms with Gasteiger partial charge in [-0.2, -0.15) is 0 Å². The van der Waals surface area contributed by atoms with Gasteiger partial charge < -0.3 is 5.73 Å². The van der Waals surface area contributed by atoms with Crippen LogP contribution < -0.4 is 5.73 Å². The standard InChI is InChI=1S/C17H26N2O/c1-2-3-12-17(16(18)20,15-10-6-4-7-11-15)19-13-8-5-9-14-19/h4,6-7,10-11H,2-3,5,8-9,12-14H2,1H3,(H2,18,20). The lowest BCUT2D eigenvalue weighted by Crippen LogP contribution is -2.56. The van der Waals surface area contributed by atoms with Gasteiger partial charge in [0.05, 0.1) is 0 Å². The number of hydrogen-bond donors (Lipinski definition) is 1. The van der Waals surface area contributed by atoms with Gasteiger partial charge in [-0.15, -0.1) is 0 Å². The molecule has 1 saturated heterocycles. The fraction of sp³-hybridized carbons (Fsp3) is 0.588. The first-order chi connectivity index (χ1) is 9.71. The maximum absolute atomic E-state index is 12.4. The van der Waals surface area contributed by atoms with Gasteiger partial charge >= 0.3 is 0 Å². The summed E-state index contributed by atoms with van der Waals surface area (Å²) >= 11 is 0. The van der Waals surface area contributed by atoms with E-state index in [0.717, 1.165) is 50.8 Å². The van der Waals surface area contributed by atoms with Crippen LogP contribution in [0.25, 0.3) is 0 Å². The quantitative estimate of drug-likeness (QED) is 0.866. The zero-order valence-electron chi connectivity index (χ0n) is 12.5. The molecule has 2 rings (SSSR count). The van der Waals surface area contributed by atoms with Crippen LogP contribution in [0.3, 0.4) is 0 Å². The van der Waals surface area contributed by atoms with E-state index in [9.17, 15) is 4.79 Å². The molecule has 3 heteroatoms. The lowest BCUT2D eigenvalue weighted by molar-refractivity contribution is -0.132. The highest BCUT2D eigenvalue weighted by atomic mass is 16.1. The third-order valence-corrected chi connectivity index (χ3v) is 4.45. The van der Waals surface area contributed by atoms with Crippen molar-refractivity contribution in [1.82, 2.24) is 4.90 Å². The highest BCUT2D eigenvalue weighted by molar-refractivity contribution is 5.86.